The number of pyridine rings is 3. The lowest BCUT2D eigenvalue weighted by atomic mass is 9.85. The summed E-state index contributed by atoms with van der Waals surface area (Å²) >= 11 is 0. The van der Waals surface area contributed by atoms with Crippen molar-refractivity contribution in [3.8, 4) is 33.9 Å². The molecule has 2 fully saturated rings. The van der Waals surface area contributed by atoms with Gasteiger partial charge in [0.2, 0.25) is 0 Å². The summed E-state index contributed by atoms with van der Waals surface area (Å²) in [6.45, 7) is 6.62. The molecule has 1 aromatic carbocycles. The molecule has 6 heteroatoms. The van der Waals surface area contributed by atoms with Gasteiger partial charge in [0.25, 0.3) is 0 Å². The predicted octanol–water partition coefficient (Wildman–Crippen LogP) is 7.58. The molecule has 2 atom stereocenters. The second kappa shape index (κ2) is 11.1. The third-order valence-corrected chi connectivity index (χ3v) is 8.64. The molecule has 2 saturated carbocycles. The van der Waals surface area contributed by atoms with Gasteiger partial charge in [-0.2, -0.15) is 0 Å². The Hall–Kier alpha value is -4.19. The Morgan fingerprint density at radius 3 is 2.48 bits per heavy atom. The molecule has 0 saturated heterocycles. The van der Waals surface area contributed by atoms with Crippen molar-refractivity contribution >= 4 is 5.69 Å². The van der Waals surface area contributed by atoms with Crippen LogP contribution in [0.15, 0.2) is 91.8 Å². The van der Waals surface area contributed by atoms with Crippen LogP contribution in [-0.4, -0.2) is 21.0 Å². The van der Waals surface area contributed by atoms with Gasteiger partial charge in [-0.25, -0.2) is 0 Å². The van der Waals surface area contributed by atoms with E-state index in [9.17, 15) is 0 Å². The van der Waals surface area contributed by atoms with Crippen LogP contribution in [0.25, 0.3) is 22.4 Å². The van der Waals surface area contributed by atoms with Crippen LogP contribution in [0.2, 0.25) is 0 Å². The van der Waals surface area contributed by atoms with E-state index >= 15 is 0 Å². The van der Waals surface area contributed by atoms with Crippen LogP contribution >= 0.6 is 0 Å². The largest absolute Gasteiger partial charge is 0.456 e. The van der Waals surface area contributed by atoms with E-state index in [2.05, 4.69) is 28.8 Å². The summed E-state index contributed by atoms with van der Waals surface area (Å²) in [6, 6.07) is 16.3. The topological polar surface area (TPSA) is 86.0 Å². The summed E-state index contributed by atoms with van der Waals surface area (Å²) in [5.74, 6) is 1.63. The minimum Gasteiger partial charge on any atom is -0.456 e. The molecule has 0 bridgehead atoms. The van der Waals surface area contributed by atoms with E-state index in [4.69, 9.17) is 15.5 Å². The standard InChI is InChI=1S/C34H37N5O/c1-23(24(2)39-32-19-34(32)12-4-3-5-13-34)16-27-17-28(10-11-31(27)35)40-29-18-30(25-8-6-14-36-20-25)33(38-22-29)26-9-7-15-37-21-26/h6-11,14-15,17-18,20-23,32,39H,2-5,12-13,16,19,35H2,1H3/t23-,32-/m0/s1. The zero-order chi connectivity index (χ0) is 27.5. The second-order valence-electron chi connectivity index (χ2n) is 11.5. The van der Waals surface area contributed by atoms with Gasteiger partial charge >= 0.3 is 0 Å². The minimum atomic E-state index is 0.261. The maximum Gasteiger partial charge on any atom is 0.146 e. The summed E-state index contributed by atoms with van der Waals surface area (Å²) in [7, 11) is 0. The number of nitrogens with two attached hydrogens (primary N) is 1. The first kappa shape index (κ1) is 26.1. The molecule has 204 valence electrons. The molecule has 3 aromatic heterocycles. The van der Waals surface area contributed by atoms with E-state index in [1.165, 1.54) is 38.5 Å². The molecule has 2 aliphatic carbocycles. The zero-order valence-electron chi connectivity index (χ0n) is 23.1. The number of anilines is 1. The number of nitrogens with zero attached hydrogens (tertiary/aromatic N) is 3. The monoisotopic (exact) mass is 531 g/mol. The smallest absolute Gasteiger partial charge is 0.146 e. The Bertz CT molecular complexity index is 1480. The summed E-state index contributed by atoms with van der Waals surface area (Å²) in [5, 5.41) is 3.76. The maximum absolute atomic E-state index is 6.41. The number of nitrogen functional groups attached to an aromatic ring is 1. The summed E-state index contributed by atoms with van der Waals surface area (Å²) in [4.78, 5) is 13.3. The van der Waals surface area contributed by atoms with Gasteiger partial charge in [0, 0.05) is 58.9 Å². The Balaban J connectivity index is 1.18. The summed E-state index contributed by atoms with van der Waals surface area (Å²) in [6.07, 6.45) is 17.9. The molecule has 0 aliphatic heterocycles. The normalized spacial score (nSPS) is 18.2. The molecule has 4 aromatic rings. The average molecular weight is 532 g/mol. The highest BCUT2D eigenvalue weighted by Crippen LogP contribution is 2.56. The minimum absolute atomic E-state index is 0.261. The molecule has 1 spiro atoms. The number of hydrogen-bond acceptors (Lipinski definition) is 6. The third kappa shape index (κ3) is 5.57. The SMILES string of the molecule is C=C(N[C@H]1CC12CCCCC2)[C@@H](C)Cc1cc(Oc2cnc(-c3cccnc3)c(-c3cccnc3)c2)ccc1N. The van der Waals surface area contributed by atoms with E-state index in [0.717, 1.165) is 51.5 Å². The van der Waals surface area contributed by atoms with Crippen LogP contribution < -0.4 is 15.8 Å². The number of rotatable bonds is 9. The number of ether oxygens (including phenoxy) is 1. The molecule has 0 unspecified atom stereocenters. The van der Waals surface area contributed by atoms with Crippen molar-refractivity contribution in [3.63, 3.8) is 0 Å². The maximum atomic E-state index is 6.41. The molecule has 0 amide bonds. The highest BCUT2D eigenvalue weighted by atomic mass is 16.5. The lowest BCUT2D eigenvalue weighted by molar-refractivity contribution is 0.315. The van der Waals surface area contributed by atoms with Crippen LogP contribution in [0, 0.1) is 11.3 Å². The number of aromatic nitrogens is 3. The van der Waals surface area contributed by atoms with Gasteiger partial charge in [0.05, 0.1) is 11.9 Å². The Morgan fingerprint density at radius 1 is 1.00 bits per heavy atom. The van der Waals surface area contributed by atoms with E-state index in [1.54, 1.807) is 18.6 Å². The van der Waals surface area contributed by atoms with Crippen molar-refractivity contribution in [2.24, 2.45) is 11.3 Å². The molecule has 6 rings (SSSR count). The number of benzene rings is 1. The van der Waals surface area contributed by atoms with Crippen LogP contribution in [0.3, 0.4) is 0 Å². The first-order valence-electron chi connectivity index (χ1n) is 14.3. The summed E-state index contributed by atoms with van der Waals surface area (Å²) < 4.78 is 6.33. The van der Waals surface area contributed by atoms with E-state index < -0.39 is 0 Å². The lowest BCUT2D eigenvalue weighted by Crippen LogP contribution is -2.27. The fourth-order valence-corrected chi connectivity index (χ4v) is 6.11. The van der Waals surface area contributed by atoms with Crippen LogP contribution in [-0.2, 0) is 6.42 Å². The van der Waals surface area contributed by atoms with Crippen molar-refractivity contribution in [1.82, 2.24) is 20.3 Å². The Labute approximate surface area is 236 Å². The molecule has 40 heavy (non-hydrogen) atoms. The van der Waals surface area contributed by atoms with Gasteiger partial charge in [-0.3, -0.25) is 15.0 Å². The molecule has 0 radical (unpaired) electrons. The number of nitrogens with one attached hydrogen (secondary N) is 1. The molecular formula is C34H37N5O. The van der Waals surface area contributed by atoms with Gasteiger partial charge < -0.3 is 15.8 Å². The van der Waals surface area contributed by atoms with Gasteiger partial charge in [0.15, 0.2) is 0 Å². The van der Waals surface area contributed by atoms with Crippen LogP contribution in [0.1, 0.15) is 51.0 Å². The molecule has 6 nitrogen and oxygen atoms in total. The van der Waals surface area contributed by atoms with Crippen LogP contribution in [0.4, 0.5) is 5.69 Å². The van der Waals surface area contributed by atoms with Crippen molar-refractivity contribution in [2.75, 3.05) is 5.73 Å². The molecule has 3 heterocycles. The zero-order valence-corrected chi connectivity index (χ0v) is 23.1. The van der Waals surface area contributed by atoms with Gasteiger partial charge in [-0.05, 0) is 85.0 Å². The van der Waals surface area contributed by atoms with E-state index in [-0.39, 0.29) is 5.92 Å². The average Bonchev–Trinajstić information content (AvgIpc) is 3.65. The first-order chi connectivity index (χ1) is 19.5. The number of hydrogen-bond donors (Lipinski definition) is 2. The van der Waals surface area contributed by atoms with Crippen molar-refractivity contribution < 1.29 is 4.74 Å². The van der Waals surface area contributed by atoms with Crippen LogP contribution in [0.5, 0.6) is 11.5 Å². The number of allylic oxidation sites excluding steroid dienone is 1. The van der Waals surface area contributed by atoms with Gasteiger partial charge in [-0.15, -0.1) is 0 Å². The predicted molar refractivity (Wildman–Crippen MR) is 161 cm³/mol. The highest BCUT2D eigenvalue weighted by molar-refractivity contribution is 5.80. The first-order valence-corrected chi connectivity index (χ1v) is 14.3. The van der Waals surface area contributed by atoms with E-state index in [1.807, 2.05) is 60.9 Å². The highest BCUT2D eigenvalue weighted by Gasteiger charge is 2.53. The van der Waals surface area contributed by atoms with Gasteiger partial charge in [-0.1, -0.05) is 38.8 Å². The molecular weight excluding hydrogens is 494 g/mol. The lowest BCUT2D eigenvalue weighted by Gasteiger charge is -2.25. The fourth-order valence-electron chi connectivity index (χ4n) is 6.11. The fraction of sp³-hybridized carbons (Fsp3) is 0.324. The molecule has 3 N–H and O–H groups in total. The van der Waals surface area contributed by atoms with E-state index in [0.29, 0.717) is 17.2 Å². The molecule has 2 aliphatic rings. The van der Waals surface area contributed by atoms with Gasteiger partial charge in [0.1, 0.15) is 11.5 Å². The van der Waals surface area contributed by atoms with Crippen molar-refractivity contribution in [2.45, 2.75) is 57.9 Å². The Kier molecular flexibility index (Phi) is 7.25. The quantitative estimate of drug-likeness (QED) is 0.217. The second-order valence-corrected chi connectivity index (χ2v) is 11.5. The summed E-state index contributed by atoms with van der Waals surface area (Å²) in [5.41, 5.74) is 13.5. The third-order valence-electron chi connectivity index (χ3n) is 8.64. The Morgan fingerprint density at radius 2 is 1.75 bits per heavy atom. The van der Waals surface area contributed by atoms with Crippen molar-refractivity contribution in [1.29, 1.82) is 0 Å². The van der Waals surface area contributed by atoms with Crippen molar-refractivity contribution in [3.05, 3.63) is 97.4 Å².